The molecule has 1 heterocycles. The number of likely N-dealkylation sites (N-methyl/N-ethyl adjacent to an activating group) is 1. The number of rotatable bonds is 5. The van der Waals surface area contributed by atoms with Gasteiger partial charge in [0.25, 0.3) is 5.91 Å². The summed E-state index contributed by atoms with van der Waals surface area (Å²) in [6, 6.07) is 8.07. The molecular formula is C16H22N4O. The molecule has 0 bridgehead atoms. The van der Waals surface area contributed by atoms with Crippen molar-refractivity contribution in [1.29, 1.82) is 0 Å². The molecule has 2 aromatic rings. The molecule has 0 saturated carbocycles. The maximum absolute atomic E-state index is 12.4. The molecule has 1 amide bonds. The molecule has 2 N–H and O–H groups in total. The summed E-state index contributed by atoms with van der Waals surface area (Å²) in [6.07, 6.45) is 1.63. The Morgan fingerprint density at radius 1 is 1.29 bits per heavy atom. The van der Waals surface area contributed by atoms with Crippen molar-refractivity contribution in [3.8, 4) is 0 Å². The predicted octanol–water partition coefficient (Wildman–Crippen LogP) is 1.96. The second-order valence-corrected chi connectivity index (χ2v) is 5.34. The lowest BCUT2D eigenvalue weighted by Crippen LogP contribution is -2.38. The third kappa shape index (κ3) is 3.31. The fourth-order valence-electron chi connectivity index (χ4n) is 2.09. The highest BCUT2D eigenvalue weighted by atomic mass is 16.1. The van der Waals surface area contributed by atoms with Crippen molar-refractivity contribution in [3.63, 3.8) is 0 Å². The van der Waals surface area contributed by atoms with Gasteiger partial charge in [-0.1, -0.05) is 24.3 Å². The monoisotopic (exact) mass is 286 g/mol. The molecule has 0 saturated heterocycles. The second-order valence-electron chi connectivity index (χ2n) is 5.34. The minimum absolute atomic E-state index is 0.0879. The van der Waals surface area contributed by atoms with Crippen LogP contribution in [0.2, 0.25) is 0 Å². The van der Waals surface area contributed by atoms with Crippen LogP contribution in [0.15, 0.2) is 30.5 Å². The number of carbonyl (C=O) groups excluding carboxylic acids is 1. The minimum atomic E-state index is -0.0879. The van der Waals surface area contributed by atoms with Gasteiger partial charge < -0.3 is 15.5 Å². The molecule has 5 nitrogen and oxygen atoms in total. The van der Waals surface area contributed by atoms with E-state index in [0.717, 1.165) is 16.6 Å². The fraction of sp³-hybridized carbons (Fsp3) is 0.375. The Balaban J connectivity index is 2.28. The molecule has 1 unspecified atom stereocenters. The van der Waals surface area contributed by atoms with Gasteiger partial charge in [-0.3, -0.25) is 4.79 Å². The first kappa shape index (κ1) is 15.3. The number of hydrogen-bond acceptors (Lipinski definition) is 4. The molecule has 0 spiro atoms. The zero-order valence-electron chi connectivity index (χ0n) is 13.0. The van der Waals surface area contributed by atoms with Crippen molar-refractivity contribution in [3.05, 3.63) is 36.0 Å². The average Bonchev–Trinajstić information content (AvgIpc) is 2.50. The van der Waals surface area contributed by atoms with Crippen molar-refractivity contribution in [1.82, 2.24) is 15.2 Å². The van der Waals surface area contributed by atoms with Crippen molar-refractivity contribution in [2.75, 3.05) is 33.0 Å². The van der Waals surface area contributed by atoms with Crippen LogP contribution in [0.1, 0.15) is 17.3 Å². The summed E-state index contributed by atoms with van der Waals surface area (Å²) >= 11 is 0. The number of fused-ring (bicyclic) bond motifs is 1. The second kappa shape index (κ2) is 6.54. The fourth-order valence-corrected chi connectivity index (χ4v) is 2.09. The van der Waals surface area contributed by atoms with E-state index in [2.05, 4.69) is 27.4 Å². The lowest BCUT2D eigenvalue weighted by molar-refractivity contribution is 0.0945. The van der Waals surface area contributed by atoms with Gasteiger partial charge >= 0.3 is 0 Å². The number of aromatic nitrogens is 1. The minimum Gasteiger partial charge on any atom is -0.373 e. The number of benzene rings is 1. The summed E-state index contributed by atoms with van der Waals surface area (Å²) in [4.78, 5) is 18.8. The van der Waals surface area contributed by atoms with E-state index < -0.39 is 0 Å². The Hall–Kier alpha value is -2.14. The van der Waals surface area contributed by atoms with Gasteiger partial charge in [-0.15, -0.1) is 0 Å². The van der Waals surface area contributed by atoms with Gasteiger partial charge in [0.1, 0.15) is 5.82 Å². The standard InChI is InChI=1S/C16H22N4O/c1-11(20(3)4)9-19-16(21)14-10-18-15(17-2)13-8-6-5-7-12(13)14/h5-8,10-11H,9H2,1-4H3,(H,17,18)(H,19,21). The van der Waals surface area contributed by atoms with Gasteiger partial charge in [-0.25, -0.2) is 4.98 Å². The zero-order valence-corrected chi connectivity index (χ0v) is 13.0. The summed E-state index contributed by atoms with van der Waals surface area (Å²) in [7, 11) is 5.82. The summed E-state index contributed by atoms with van der Waals surface area (Å²) < 4.78 is 0. The Morgan fingerprint density at radius 2 is 1.95 bits per heavy atom. The maximum atomic E-state index is 12.4. The molecule has 0 radical (unpaired) electrons. The van der Waals surface area contributed by atoms with Crippen molar-refractivity contribution in [2.24, 2.45) is 0 Å². The quantitative estimate of drug-likeness (QED) is 0.882. The van der Waals surface area contributed by atoms with Gasteiger partial charge in [0.2, 0.25) is 0 Å². The highest BCUT2D eigenvalue weighted by molar-refractivity contribution is 6.09. The van der Waals surface area contributed by atoms with E-state index in [1.807, 2.05) is 45.4 Å². The molecule has 0 aliphatic rings. The summed E-state index contributed by atoms with van der Waals surface area (Å²) in [5.74, 6) is 0.693. The van der Waals surface area contributed by atoms with Gasteiger partial charge in [-0.2, -0.15) is 0 Å². The summed E-state index contributed by atoms with van der Waals surface area (Å²) in [6.45, 7) is 2.68. The van der Waals surface area contributed by atoms with E-state index in [1.54, 1.807) is 6.20 Å². The van der Waals surface area contributed by atoms with Crippen LogP contribution in [0, 0.1) is 0 Å². The molecular weight excluding hydrogens is 264 g/mol. The molecule has 21 heavy (non-hydrogen) atoms. The van der Waals surface area contributed by atoms with E-state index >= 15 is 0 Å². The maximum Gasteiger partial charge on any atom is 0.253 e. The summed E-state index contributed by atoms with van der Waals surface area (Å²) in [5, 5.41) is 7.88. The van der Waals surface area contributed by atoms with Crippen molar-refractivity contribution in [2.45, 2.75) is 13.0 Å². The number of amides is 1. The van der Waals surface area contributed by atoms with E-state index in [9.17, 15) is 4.79 Å². The van der Waals surface area contributed by atoms with Crippen LogP contribution in [0.3, 0.4) is 0 Å². The van der Waals surface area contributed by atoms with Gasteiger partial charge in [0, 0.05) is 31.2 Å². The average molecular weight is 286 g/mol. The highest BCUT2D eigenvalue weighted by Crippen LogP contribution is 2.23. The molecule has 0 fully saturated rings. The highest BCUT2D eigenvalue weighted by Gasteiger charge is 2.14. The Morgan fingerprint density at radius 3 is 2.57 bits per heavy atom. The zero-order chi connectivity index (χ0) is 15.4. The Kier molecular flexibility index (Phi) is 4.75. The molecule has 5 heteroatoms. The number of nitrogens with zero attached hydrogens (tertiary/aromatic N) is 2. The van der Waals surface area contributed by atoms with Gasteiger partial charge in [0.15, 0.2) is 0 Å². The van der Waals surface area contributed by atoms with Crippen LogP contribution >= 0.6 is 0 Å². The third-order valence-electron chi connectivity index (χ3n) is 3.72. The van der Waals surface area contributed by atoms with Crippen LogP contribution in [0.4, 0.5) is 5.82 Å². The van der Waals surface area contributed by atoms with Crippen molar-refractivity contribution < 1.29 is 4.79 Å². The number of pyridine rings is 1. The van der Waals surface area contributed by atoms with Crippen LogP contribution in [-0.4, -0.2) is 49.5 Å². The molecule has 1 aromatic heterocycles. The normalized spacial score (nSPS) is 12.4. The lowest BCUT2D eigenvalue weighted by atomic mass is 10.1. The molecule has 1 atom stereocenters. The third-order valence-corrected chi connectivity index (χ3v) is 3.72. The van der Waals surface area contributed by atoms with Gasteiger partial charge in [0.05, 0.1) is 5.56 Å². The van der Waals surface area contributed by atoms with E-state index in [4.69, 9.17) is 0 Å². The van der Waals surface area contributed by atoms with E-state index in [1.165, 1.54) is 0 Å². The summed E-state index contributed by atoms with van der Waals surface area (Å²) in [5.41, 5.74) is 0.607. The van der Waals surface area contributed by atoms with Crippen LogP contribution < -0.4 is 10.6 Å². The number of carbonyl (C=O) groups is 1. The van der Waals surface area contributed by atoms with E-state index in [0.29, 0.717) is 12.1 Å². The topological polar surface area (TPSA) is 57.3 Å². The molecule has 0 aliphatic heterocycles. The molecule has 112 valence electrons. The number of anilines is 1. The van der Waals surface area contributed by atoms with Crippen molar-refractivity contribution >= 4 is 22.5 Å². The Bertz CT molecular complexity index is 639. The molecule has 1 aromatic carbocycles. The smallest absolute Gasteiger partial charge is 0.253 e. The van der Waals surface area contributed by atoms with E-state index in [-0.39, 0.29) is 11.9 Å². The molecule has 0 aliphatic carbocycles. The predicted molar refractivity (Wildman–Crippen MR) is 86.8 cm³/mol. The van der Waals surface area contributed by atoms with Crippen LogP contribution in [0.5, 0.6) is 0 Å². The lowest BCUT2D eigenvalue weighted by Gasteiger charge is -2.20. The first-order valence-electron chi connectivity index (χ1n) is 7.04. The molecule has 2 rings (SSSR count). The Labute approximate surface area is 125 Å². The van der Waals surface area contributed by atoms with Gasteiger partial charge in [-0.05, 0) is 26.4 Å². The first-order chi connectivity index (χ1) is 10.0. The SMILES string of the molecule is CNc1ncc(C(=O)NCC(C)N(C)C)c2ccccc12. The van der Waals surface area contributed by atoms with Crippen LogP contribution in [0.25, 0.3) is 10.8 Å². The first-order valence-corrected chi connectivity index (χ1v) is 7.04. The number of hydrogen-bond donors (Lipinski definition) is 2. The number of nitrogens with one attached hydrogen (secondary N) is 2. The van der Waals surface area contributed by atoms with Crippen LogP contribution in [-0.2, 0) is 0 Å². The largest absolute Gasteiger partial charge is 0.373 e.